The van der Waals surface area contributed by atoms with E-state index < -0.39 is 5.60 Å². The highest BCUT2D eigenvalue weighted by Gasteiger charge is 2.27. The molecule has 0 aromatic rings. The van der Waals surface area contributed by atoms with Gasteiger partial charge in [-0.15, -0.1) is 0 Å². The smallest absolute Gasteiger partial charge is 0.410 e. The van der Waals surface area contributed by atoms with Crippen molar-refractivity contribution in [1.82, 2.24) is 9.80 Å². The first-order chi connectivity index (χ1) is 8.07. The summed E-state index contributed by atoms with van der Waals surface area (Å²) in [7, 11) is 0. The van der Waals surface area contributed by atoms with Crippen LogP contribution in [0, 0.1) is 0 Å². The van der Waals surface area contributed by atoms with Gasteiger partial charge in [0.2, 0.25) is 0 Å². The fourth-order valence-corrected chi connectivity index (χ4v) is 1.99. The van der Waals surface area contributed by atoms with Crippen molar-refractivity contribution in [2.24, 2.45) is 5.73 Å². The van der Waals surface area contributed by atoms with E-state index in [1.807, 2.05) is 34.6 Å². The van der Waals surface area contributed by atoms with Crippen LogP contribution in [0.25, 0.3) is 0 Å². The SMILES string of the molecule is CC(C)(N)CN1CCN(C(=O)OC(C)(C)C)CC1. The first-order valence-corrected chi connectivity index (χ1v) is 6.56. The van der Waals surface area contributed by atoms with Crippen LogP contribution >= 0.6 is 0 Å². The zero-order valence-corrected chi connectivity index (χ0v) is 12.3. The van der Waals surface area contributed by atoms with Gasteiger partial charge in [-0.1, -0.05) is 0 Å². The molecule has 1 aliphatic rings. The molecule has 0 atom stereocenters. The lowest BCUT2D eigenvalue weighted by Crippen LogP contribution is -2.54. The van der Waals surface area contributed by atoms with Crippen LogP contribution in [0.5, 0.6) is 0 Å². The van der Waals surface area contributed by atoms with Crippen LogP contribution in [0.1, 0.15) is 34.6 Å². The summed E-state index contributed by atoms with van der Waals surface area (Å²) >= 11 is 0. The normalized spacial score (nSPS) is 18.9. The van der Waals surface area contributed by atoms with Crippen LogP contribution in [0.15, 0.2) is 0 Å². The van der Waals surface area contributed by atoms with E-state index in [4.69, 9.17) is 10.5 Å². The largest absolute Gasteiger partial charge is 0.444 e. The molecule has 1 aliphatic heterocycles. The van der Waals surface area contributed by atoms with Gasteiger partial charge >= 0.3 is 6.09 Å². The van der Waals surface area contributed by atoms with Crippen molar-refractivity contribution in [3.63, 3.8) is 0 Å². The van der Waals surface area contributed by atoms with Gasteiger partial charge in [-0.05, 0) is 34.6 Å². The highest BCUT2D eigenvalue weighted by atomic mass is 16.6. The van der Waals surface area contributed by atoms with Crippen molar-refractivity contribution >= 4 is 6.09 Å². The molecule has 0 spiro atoms. The Morgan fingerprint density at radius 2 is 1.61 bits per heavy atom. The van der Waals surface area contributed by atoms with E-state index in [0.717, 1.165) is 19.6 Å². The van der Waals surface area contributed by atoms with Crippen LogP contribution in [0.4, 0.5) is 4.79 Å². The van der Waals surface area contributed by atoms with E-state index in [0.29, 0.717) is 13.1 Å². The maximum atomic E-state index is 11.9. The van der Waals surface area contributed by atoms with E-state index in [1.165, 1.54) is 0 Å². The molecule has 0 aromatic carbocycles. The number of carbonyl (C=O) groups is 1. The van der Waals surface area contributed by atoms with Crippen LogP contribution in [-0.4, -0.2) is 59.8 Å². The molecule has 106 valence electrons. The fraction of sp³-hybridized carbons (Fsp3) is 0.923. The molecule has 1 rings (SSSR count). The first kappa shape index (κ1) is 15.2. The van der Waals surface area contributed by atoms with Crippen molar-refractivity contribution in [3.05, 3.63) is 0 Å². The molecule has 0 aromatic heterocycles. The van der Waals surface area contributed by atoms with Crippen LogP contribution in [-0.2, 0) is 4.74 Å². The monoisotopic (exact) mass is 257 g/mol. The summed E-state index contributed by atoms with van der Waals surface area (Å²) in [5, 5.41) is 0. The average Bonchev–Trinajstić information content (AvgIpc) is 2.13. The first-order valence-electron chi connectivity index (χ1n) is 6.56. The van der Waals surface area contributed by atoms with Gasteiger partial charge in [-0.2, -0.15) is 0 Å². The van der Waals surface area contributed by atoms with Gasteiger partial charge in [0.25, 0.3) is 0 Å². The molecular formula is C13H27N3O2. The molecule has 5 nitrogen and oxygen atoms in total. The Morgan fingerprint density at radius 3 is 2.00 bits per heavy atom. The van der Waals surface area contributed by atoms with Gasteiger partial charge in [-0.3, -0.25) is 4.90 Å². The van der Waals surface area contributed by atoms with Gasteiger partial charge in [0.15, 0.2) is 0 Å². The Bertz CT molecular complexity index is 284. The van der Waals surface area contributed by atoms with E-state index in [2.05, 4.69) is 4.90 Å². The maximum Gasteiger partial charge on any atom is 0.410 e. The number of ether oxygens (including phenoxy) is 1. The molecule has 0 saturated carbocycles. The van der Waals surface area contributed by atoms with Crippen molar-refractivity contribution in [2.45, 2.75) is 45.8 Å². The highest BCUT2D eigenvalue weighted by Crippen LogP contribution is 2.12. The zero-order chi connectivity index (χ0) is 14.0. The summed E-state index contributed by atoms with van der Waals surface area (Å²) < 4.78 is 5.36. The van der Waals surface area contributed by atoms with Gasteiger partial charge in [0.1, 0.15) is 5.60 Å². The third-order valence-corrected chi connectivity index (χ3v) is 2.66. The molecule has 0 unspecified atom stereocenters. The number of nitrogens with zero attached hydrogens (tertiary/aromatic N) is 2. The topological polar surface area (TPSA) is 58.8 Å². The quantitative estimate of drug-likeness (QED) is 0.809. The summed E-state index contributed by atoms with van der Waals surface area (Å²) in [6, 6.07) is 0. The van der Waals surface area contributed by atoms with Crippen molar-refractivity contribution < 1.29 is 9.53 Å². The summed E-state index contributed by atoms with van der Waals surface area (Å²) in [4.78, 5) is 15.9. The van der Waals surface area contributed by atoms with E-state index in [9.17, 15) is 4.79 Å². The predicted molar refractivity (Wildman–Crippen MR) is 72.5 cm³/mol. The Kier molecular flexibility index (Phi) is 4.61. The summed E-state index contributed by atoms with van der Waals surface area (Å²) in [5.74, 6) is 0. The Hall–Kier alpha value is -0.810. The summed E-state index contributed by atoms with van der Waals surface area (Å²) in [5.41, 5.74) is 5.39. The Balaban J connectivity index is 2.37. The number of carbonyl (C=O) groups excluding carboxylic acids is 1. The van der Waals surface area contributed by atoms with Crippen LogP contribution in [0.3, 0.4) is 0 Å². The molecule has 1 heterocycles. The minimum absolute atomic E-state index is 0.186. The zero-order valence-electron chi connectivity index (χ0n) is 12.3. The standard InChI is InChI=1S/C13H27N3O2/c1-12(2,3)18-11(17)16-8-6-15(7-9-16)10-13(4,5)14/h6-10,14H2,1-5H3. The number of hydrogen-bond donors (Lipinski definition) is 1. The lowest BCUT2D eigenvalue weighted by Gasteiger charge is -2.38. The second-order valence-corrected chi connectivity index (χ2v) is 6.73. The van der Waals surface area contributed by atoms with Gasteiger partial charge in [-0.25, -0.2) is 4.79 Å². The molecule has 0 bridgehead atoms. The summed E-state index contributed by atoms with van der Waals surface area (Å²) in [6.07, 6.45) is -0.214. The van der Waals surface area contributed by atoms with Gasteiger partial charge < -0.3 is 15.4 Å². The molecule has 2 N–H and O–H groups in total. The third kappa shape index (κ3) is 5.69. The van der Waals surface area contributed by atoms with Crippen molar-refractivity contribution in [2.75, 3.05) is 32.7 Å². The van der Waals surface area contributed by atoms with Crippen LogP contribution < -0.4 is 5.73 Å². The molecule has 5 heteroatoms. The van der Waals surface area contributed by atoms with Crippen LogP contribution in [0.2, 0.25) is 0 Å². The minimum Gasteiger partial charge on any atom is -0.444 e. The number of nitrogens with two attached hydrogens (primary N) is 1. The number of hydrogen-bond acceptors (Lipinski definition) is 4. The summed E-state index contributed by atoms with van der Waals surface area (Å²) in [6.45, 7) is 13.7. The second kappa shape index (κ2) is 5.45. The lowest BCUT2D eigenvalue weighted by molar-refractivity contribution is 0.0133. The van der Waals surface area contributed by atoms with E-state index >= 15 is 0 Å². The molecular weight excluding hydrogens is 230 g/mol. The third-order valence-electron chi connectivity index (χ3n) is 2.66. The molecule has 0 aliphatic carbocycles. The highest BCUT2D eigenvalue weighted by molar-refractivity contribution is 5.68. The molecule has 18 heavy (non-hydrogen) atoms. The number of piperazine rings is 1. The average molecular weight is 257 g/mol. The molecule has 1 fully saturated rings. The van der Waals surface area contributed by atoms with Gasteiger partial charge in [0, 0.05) is 38.3 Å². The second-order valence-electron chi connectivity index (χ2n) is 6.73. The minimum atomic E-state index is -0.423. The fourth-order valence-electron chi connectivity index (χ4n) is 1.99. The lowest BCUT2D eigenvalue weighted by atomic mass is 10.1. The Morgan fingerprint density at radius 1 is 1.11 bits per heavy atom. The Labute approximate surface area is 110 Å². The number of amides is 1. The number of rotatable bonds is 2. The van der Waals surface area contributed by atoms with Crippen molar-refractivity contribution in [3.8, 4) is 0 Å². The molecule has 1 amide bonds. The predicted octanol–water partition coefficient (Wildman–Crippen LogP) is 1.28. The molecule has 0 radical (unpaired) electrons. The maximum absolute atomic E-state index is 11.9. The van der Waals surface area contributed by atoms with Gasteiger partial charge in [0.05, 0.1) is 0 Å². The molecule has 1 saturated heterocycles. The van der Waals surface area contributed by atoms with E-state index in [-0.39, 0.29) is 11.6 Å². The van der Waals surface area contributed by atoms with Crippen molar-refractivity contribution in [1.29, 1.82) is 0 Å². The van der Waals surface area contributed by atoms with E-state index in [1.54, 1.807) is 4.90 Å².